The normalized spacial score (nSPS) is 16.1. The molecule has 224 valence electrons. The Bertz CT molecular complexity index is 1540. The van der Waals surface area contributed by atoms with E-state index in [-0.39, 0.29) is 30.7 Å². The predicted octanol–water partition coefficient (Wildman–Crippen LogP) is 3.89. The van der Waals surface area contributed by atoms with Crippen LogP contribution in [0.4, 0.5) is 0 Å². The molecule has 0 saturated carbocycles. The van der Waals surface area contributed by atoms with E-state index in [4.69, 9.17) is 0 Å². The van der Waals surface area contributed by atoms with Crippen molar-refractivity contribution < 1.29 is 19.2 Å². The third-order valence-electron chi connectivity index (χ3n) is 8.12. The number of carbonyl (C=O) groups is 4. The van der Waals surface area contributed by atoms with Gasteiger partial charge in [-0.3, -0.25) is 19.4 Å². The summed E-state index contributed by atoms with van der Waals surface area (Å²) in [4.78, 5) is 66.8. The van der Waals surface area contributed by atoms with Gasteiger partial charge in [0.1, 0.15) is 12.3 Å². The Morgan fingerprint density at radius 2 is 1.93 bits per heavy atom. The Hall–Kier alpha value is -4.31. The number of amides is 3. The Morgan fingerprint density at radius 3 is 2.67 bits per heavy atom. The molecular weight excluding hydrogens is 562 g/mol. The smallest absolute Gasteiger partial charge is 0.246 e. The van der Waals surface area contributed by atoms with Crippen LogP contribution < -0.4 is 0 Å². The molecule has 2 atom stereocenters. The molecule has 4 heterocycles. The molecule has 1 aromatic carbocycles. The van der Waals surface area contributed by atoms with Crippen molar-refractivity contribution in [2.45, 2.75) is 51.1 Å². The molecule has 43 heavy (non-hydrogen) atoms. The second kappa shape index (κ2) is 14.2. The van der Waals surface area contributed by atoms with Crippen LogP contribution in [0.2, 0.25) is 0 Å². The first-order chi connectivity index (χ1) is 21.0. The molecule has 3 amide bonds. The number of piperazine rings is 1. The third kappa shape index (κ3) is 7.19. The predicted molar refractivity (Wildman–Crippen MR) is 167 cm³/mol. The van der Waals surface area contributed by atoms with Gasteiger partial charge in [0.25, 0.3) is 0 Å². The van der Waals surface area contributed by atoms with Gasteiger partial charge in [0.2, 0.25) is 17.7 Å². The number of nitrogens with zero attached hydrogens (tertiary/aromatic N) is 4. The Morgan fingerprint density at radius 1 is 1.09 bits per heavy atom. The van der Waals surface area contributed by atoms with Crippen LogP contribution in [-0.2, 0) is 38.4 Å². The van der Waals surface area contributed by atoms with Crippen LogP contribution in [0, 0.1) is 0 Å². The van der Waals surface area contributed by atoms with Crippen molar-refractivity contribution in [3.63, 3.8) is 0 Å². The molecule has 1 N–H and O–H groups in total. The molecule has 10 heteroatoms. The fraction of sp³-hybridized carbons (Fsp3) is 0.364. The number of aldehydes is 1. The minimum atomic E-state index is -0.933. The molecule has 2 unspecified atom stereocenters. The molecule has 3 aromatic heterocycles. The van der Waals surface area contributed by atoms with Crippen molar-refractivity contribution in [1.82, 2.24) is 24.7 Å². The van der Waals surface area contributed by atoms with Crippen LogP contribution in [0.1, 0.15) is 35.9 Å². The van der Waals surface area contributed by atoms with Gasteiger partial charge in [-0.15, -0.1) is 11.3 Å². The van der Waals surface area contributed by atoms with E-state index in [1.165, 1.54) is 0 Å². The highest BCUT2D eigenvalue weighted by Crippen LogP contribution is 2.22. The van der Waals surface area contributed by atoms with Gasteiger partial charge in [-0.1, -0.05) is 37.3 Å². The Labute approximate surface area is 255 Å². The third-order valence-corrected chi connectivity index (χ3v) is 9.06. The quantitative estimate of drug-likeness (QED) is 0.222. The molecule has 4 aromatic rings. The summed E-state index contributed by atoms with van der Waals surface area (Å²) in [7, 11) is 0. The summed E-state index contributed by atoms with van der Waals surface area (Å²) in [5.41, 5.74) is 2.89. The molecule has 5 rings (SSSR count). The van der Waals surface area contributed by atoms with Crippen LogP contribution in [-0.4, -0.2) is 86.9 Å². The van der Waals surface area contributed by atoms with Gasteiger partial charge >= 0.3 is 0 Å². The van der Waals surface area contributed by atoms with E-state index in [0.29, 0.717) is 45.3 Å². The van der Waals surface area contributed by atoms with Crippen molar-refractivity contribution in [2.24, 2.45) is 0 Å². The number of hydrogen-bond acceptors (Lipinski definition) is 6. The number of para-hydroxylation sites is 1. The summed E-state index contributed by atoms with van der Waals surface area (Å²) in [6.45, 7) is 2.84. The molecule has 1 saturated heterocycles. The molecule has 0 spiro atoms. The number of aromatic nitrogens is 2. The van der Waals surface area contributed by atoms with E-state index in [0.717, 1.165) is 33.3 Å². The van der Waals surface area contributed by atoms with Crippen LogP contribution in [0.5, 0.6) is 0 Å². The number of benzene rings is 1. The number of rotatable bonds is 14. The van der Waals surface area contributed by atoms with Crippen LogP contribution in [0.3, 0.4) is 0 Å². The molecule has 0 aliphatic carbocycles. The van der Waals surface area contributed by atoms with Crippen LogP contribution >= 0.6 is 11.3 Å². The van der Waals surface area contributed by atoms with Gasteiger partial charge in [0.15, 0.2) is 0 Å². The summed E-state index contributed by atoms with van der Waals surface area (Å²) in [5.74, 6) is -0.730. The highest BCUT2D eigenvalue weighted by Gasteiger charge is 2.41. The van der Waals surface area contributed by atoms with E-state index in [1.807, 2.05) is 73.1 Å². The molecule has 1 aliphatic heterocycles. The largest absolute Gasteiger partial charge is 0.361 e. The monoisotopic (exact) mass is 599 g/mol. The lowest BCUT2D eigenvalue weighted by Crippen LogP contribution is -2.61. The van der Waals surface area contributed by atoms with E-state index in [2.05, 4.69) is 9.97 Å². The molecule has 1 aliphatic rings. The number of fused-ring (bicyclic) bond motifs is 1. The number of hydrogen-bond donors (Lipinski definition) is 1. The lowest BCUT2D eigenvalue weighted by atomic mass is 10.0. The van der Waals surface area contributed by atoms with Crippen molar-refractivity contribution in [3.05, 3.63) is 88.5 Å². The highest BCUT2D eigenvalue weighted by molar-refractivity contribution is 7.09. The van der Waals surface area contributed by atoms with Crippen molar-refractivity contribution in [3.8, 4) is 0 Å². The van der Waals surface area contributed by atoms with E-state index >= 15 is 0 Å². The number of pyridine rings is 1. The molecule has 0 radical (unpaired) electrons. The van der Waals surface area contributed by atoms with Gasteiger partial charge in [0.05, 0.1) is 19.0 Å². The minimum absolute atomic E-state index is 0.0308. The fourth-order valence-corrected chi connectivity index (χ4v) is 6.42. The topological polar surface area (TPSA) is 107 Å². The van der Waals surface area contributed by atoms with Gasteiger partial charge in [-0.2, -0.15) is 0 Å². The number of carbonyl (C=O) groups excluding carboxylic acids is 4. The first kappa shape index (κ1) is 30.2. The van der Waals surface area contributed by atoms with Crippen LogP contribution in [0.25, 0.3) is 10.9 Å². The Balaban J connectivity index is 1.35. The summed E-state index contributed by atoms with van der Waals surface area (Å²) in [6, 6.07) is 16.0. The zero-order chi connectivity index (χ0) is 30.2. The van der Waals surface area contributed by atoms with Gasteiger partial charge in [-0.05, 0) is 54.5 Å². The number of aromatic amines is 1. The van der Waals surface area contributed by atoms with E-state index in [1.54, 1.807) is 32.2 Å². The number of nitrogens with one attached hydrogen (secondary N) is 1. The van der Waals surface area contributed by atoms with Gasteiger partial charge in [0, 0.05) is 59.9 Å². The maximum atomic E-state index is 14.0. The first-order valence-electron chi connectivity index (χ1n) is 14.8. The lowest BCUT2D eigenvalue weighted by molar-refractivity contribution is -0.158. The Kier molecular flexibility index (Phi) is 9.99. The second-order valence-corrected chi connectivity index (χ2v) is 11.8. The van der Waals surface area contributed by atoms with Gasteiger partial charge < -0.3 is 24.5 Å². The fourth-order valence-electron chi connectivity index (χ4n) is 5.73. The molecule has 0 bridgehead atoms. The minimum Gasteiger partial charge on any atom is -0.361 e. The lowest BCUT2D eigenvalue weighted by Gasteiger charge is -2.41. The first-order valence-corrected chi connectivity index (χ1v) is 15.7. The van der Waals surface area contributed by atoms with Crippen LogP contribution in [0.15, 0.2) is 72.4 Å². The summed E-state index contributed by atoms with van der Waals surface area (Å²) < 4.78 is 0. The van der Waals surface area contributed by atoms with Crippen molar-refractivity contribution in [2.75, 3.05) is 26.2 Å². The zero-order valence-corrected chi connectivity index (χ0v) is 25.2. The average molecular weight is 600 g/mol. The van der Waals surface area contributed by atoms with Crippen molar-refractivity contribution in [1.29, 1.82) is 0 Å². The summed E-state index contributed by atoms with van der Waals surface area (Å²) in [6.07, 6.45) is 6.39. The maximum absolute atomic E-state index is 14.0. The maximum Gasteiger partial charge on any atom is 0.246 e. The van der Waals surface area contributed by atoms with E-state index < -0.39 is 12.1 Å². The summed E-state index contributed by atoms with van der Waals surface area (Å²) >= 11 is 1.60. The molecular formula is C33H37N5O4S. The highest BCUT2D eigenvalue weighted by atomic mass is 32.1. The molecule has 9 nitrogen and oxygen atoms in total. The number of thiophene rings is 1. The van der Waals surface area contributed by atoms with E-state index in [9.17, 15) is 19.2 Å². The van der Waals surface area contributed by atoms with Crippen molar-refractivity contribution >= 4 is 46.2 Å². The number of H-pyrrole nitrogens is 1. The SMILES string of the molecule is CCC(C=O)N(CCc1c[nH]c2ccccc12)C(=O)CC1C(=O)N(CCc2ccccn2)CC(=O)N1CCc1cccs1. The second-order valence-electron chi connectivity index (χ2n) is 10.8. The molecule has 1 fully saturated rings. The van der Waals surface area contributed by atoms with Gasteiger partial charge in [-0.25, -0.2) is 0 Å². The summed E-state index contributed by atoms with van der Waals surface area (Å²) in [5, 5.41) is 3.06. The average Bonchev–Trinajstić information content (AvgIpc) is 3.70. The standard InChI is InChI=1S/C33H37N5O4S/c1-2-26(23-39)37(17-12-24-21-35-29-11-4-3-10-28(24)29)31(40)20-30-33(42)36(16-13-25-8-5-6-15-34-25)22-32(41)38(30)18-14-27-9-7-19-43-27/h3-11,15,19,21,23,26,30,35H,2,12-14,16-18,20,22H2,1H3. The zero-order valence-electron chi connectivity index (χ0n) is 24.4.